The Bertz CT molecular complexity index is 2670. The van der Waals surface area contributed by atoms with Gasteiger partial charge in [-0.1, -0.05) is 187 Å². The van der Waals surface area contributed by atoms with Gasteiger partial charge in [-0.3, -0.25) is 0 Å². The van der Waals surface area contributed by atoms with E-state index in [1.807, 2.05) is 97.1 Å². The maximum absolute atomic E-state index is 5.30. The summed E-state index contributed by atoms with van der Waals surface area (Å²) < 4.78 is 0. The SMILES string of the molecule is CC1(C)c2cc(-c3nc(-c4ccccc4)nc(-c4ccccc4)n3)c(-c3nc(-c4ccccc4)nc(-c4ccc(-c5ccccc5)cc4)n3)cc2C(C)(C)C1(C)C. The molecular weight excluding hydrogens is 697 g/mol. The molecule has 0 radical (unpaired) electrons. The van der Waals surface area contributed by atoms with Gasteiger partial charge in [0.2, 0.25) is 0 Å². The highest BCUT2D eigenvalue weighted by atomic mass is 15.1. The molecule has 278 valence electrons. The zero-order chi connectivity index (χ0) is 39.4. The predicted molar refractivity (Wildman–Crippen MR) is 231 cm³/mol. The fraction of sp³-hybridized carbons (Fsp3) is 0.176. The molecule has 0 saturated carbocycles. The molecule has 0 unspecified atom stereocenters. The molecule has 1 aliphatic carbocycles. The van der Waals surface area contributed by atoms with Gasteiger partial charge in [0.15, 0.2) is 34.9 Å². The van der Waals surface area contributed by atoms with E-state index in [9.17, 15) is 0 Å². The number of aromatic nitrogens is 6. The Hall–Kier alpha value is -6.66. The third-order valence-corrected chi connectivity index (χ3v) is 12.7. The molecule has 6 heteroatoms. The molecule has 0 atom stereocenters. The molecule has 6 aromatic carbocycles. The van der Waals surface area contributed by atoms with Crippen molar-refractivity contribution in [2.75, 3.05) is 0 Å². The standard InChI is InChI=1S/C51H44N6/c1-49(2)41-31-39(47-54-43(35-21-13-8-14-22-35)52-44(55-47)36-23-15-9-16-24-36)40(32-42(41)50(3,4)51(49,5)6)48-56-45(37-25-17-10-18-26-37)53-46(57-48)38-29-27-34(28-30-38)33-19-11-7-12-20-33/h7-32H,1-6H3. The summed E-state index contributed by atoms with van der Waals surface area (Å²) in [7, 11) is 0. The van der Waals surface area contributed by atoms with Gasteiger partial charge in [-0.05, 0) is 50.6 Å². The second kappa shape index (κ2) is 13.8. The number of fused-ring (bicyclic) bond motifs is 1. The molecule has 2 heterocycles. The summed E-state index contributed by atoms with van der Waals surface area (Å²) in [6.07, 6.45) is 0. The highest BCUT2D eigenvalue weighted by molar-refractivity contribution is 5.83. The highest BCUT2D eigenvalue weighted by Gasteiger charge is 2.57. The van der Waals surface area contributed by atoms with Crippen molar-refractivity contribution in [3.05, 3.63) is 169 Å². The molecule has 0 fully saturated rings. The fourth-order valence-electron chi connectivity index (χ4n) is 8.17. The monoisotopic (exact) mass is 740 g/mol. The van der Waals surface area contributed by atoms with Gasteiger partial charge in [-0.2, -0.15) is 0 Å². The third-order valence-electron chi connectivity index (χ3n) is 12.7. The molecule has 0 spiro atoms. The quantitative estimate of drug-likeness (QED) is 0.162. The van der Waals surface area contributed by atoms with Gasteiger partial charge in [0.05, 0.1) is 0 Å². The zero-order valence-electron chi connectivity index (χ0n) is 33.2. The molecule has 0 saturated heterocycles. The highest BCUT2D eigenvalue weighted by Crippen LogP contribution is 2.62. The molecule has 0 amide bonds. The minimum absolute atomic E-state index is 0.0817. The normalized spacial score (nSPS) is 14.9. The van der Waals surface area contributed by atoms with E-state index in [1.54, 1.807) is 0 Å². The Kier molecular flexibility index (Phi) is 8.73. The van der Waals surface area contributed by atoms with Crippen molar-refractivity contribution in [2.24, 2.45) is 5.41 Å². The summed E-state index contributed by atoms with van der Waals surface area (Å²) in [6, 6.07) is 53.8. The maximum atomic E-state index is 5.30. The van der Waals surface area contributed by atoms with Crippen molar-refractivity contribution >= 4 is 0 Å². The van der Waals surface area contributed by atoms with Gasteiger partial charge in [0.25, 0.3) is 0 Å². The minimum atomic E-state index is -0.173. The largest absolute Gasteiger partial charge is 0.208 e. The minimum Gasteiger partial charge on any atom is -0.208 e. The van der Waals surface area contributed by atoms with E-state index in [4.69, 9.17) is 29.9 Å². The lowest BCUT2D eigenvalue weighted by Crippen LogP contribution is -2.42. The summed E-state index contributed by atoms with van der Waals surface area (Å²) in [4.78, 5) is 31.2. The van der Waals surface area contributed by atoms with Gasteiger partial charge >= 0.3 is 0 Å². The second-order valence-electron chi connectivity index (χ2n) is 16.5. The zero-order valence-corrected chi connectivity index (χ0v) is 33.2. The maximum Gasteiger partial charge on any atom is 0.164 e. The van der Waals surface area contributed by atoms with Crippen LogP contribution in [0.2, 0.25) is 0 Å². The number of rotatable bonds is 7. The molecule has 2 aromatic heterocycles. The first-order chi connectivity index (χ1) is 27.5. The number of nitrogens with zero attached hydrogens (tertiary/aromatic N) is 6. The molecule has 8 aromatic rings. The number of benzene rings is 6. The van der Waals surface area contributed by atoms with E-state index < -0.39 is 0 Å². The van der Waals surface area contributed by atoms with Gasteiger partial charge in [0.1, 0.15) is 0 Å². The van der Waals surface area contributed by atoms with Gasteiger partial charge in [0, 0.05) is 33.4 Å². The van der Waals surface area contributed by atoms with E-state index in [-0.39, 0.29) is 16.2 Å². The van der Waals surface area contributed by atoms with Crippen LogP contribution in [0.1, 0.15) is 52.7 Å². The Morgan fingerprint density at radius 3 is 0.860 bits per heavy atom. The van der Waals surface area contributed by atoms with Crippen molar-refractivity contribution in [3.8, 4) is 79.5 Å². The van der Waals surface area contributed by atoms with Crippen molar-refractivity contribution in [3.63, 3.8) is 0 Å². The van der Waals surface area contributed by atoms with Crippen LogP contribution in [0.3, 0.4) is 0 Å². The van der Waals surface area contributed by atoms with Gasteiger partial charge in [-0.25, -0.2) is 29.9 Å². The van der Waals surface area contributed by atoms with Crippen LogP contribution in [0.4, 0.5) is 0 Å². The third kappa shape index (κ3) is 6.22. The first kappa shape index (κ1) is 36.0. The molecule has 0 bridgehead atoms. The molecule has 0 aliphatic heterocycles. The van der Waals surface area contributed by atoms with Crippen LogP contribution in [-0.2, 0) is 10.8 Å². The van der Waals surface area contributed by atoms with Crippen molar-refractivity contribution in [1.29, 1.82) is 0 Å². The molecule has 0 N–H and O–H groups in total. The summed E-state index contributed by atoms with van der Waals surface area (Å²) in [5.74, 6) is 3.52. The first-order valence-electron chi connectivity index (χ1n) is 19.6. The Labute approximate surface area is 334 Å². The van der Waals surface area contributed by atoms with Crippen LogP contribution in [-0.4, -0.2) is 29.9 Å². The predicted octanol–water partition coefficient (Wildman–Crippen LogP) is 12.3. The van der Waals surface area contributed by atoms with Crippen LogP contribution >= 0.6 is 0 Å². The summed E-state index contributed by atoms with van der Waals surface area (Å²) in [5, 5.41) is 0. The summed E-state index contributed by atoms with van der Waals surface area (Å²) in [6.45, 7) is 14.2. The van der Waals surface area contributed by atoms with E-state index in [1.165, 1.54) is 11.1 Å². The lowest BCUT2D eigenvalue weighted by molar-refractivity contribution is 0.125. The first-order valence-corrected chi connectivity index (χ1v) is 19.6. The molecule has 1 aliphatic rings. The number of hydrogen-bond acceptors (Lipinski definition) is 6. The smallest absolute Gasteiger partial charge is 0.164 e. The summed E-state index contributed by atoms with van der Waals surface area (Å²) in [5.41, 5.74) is 9.74. The molecule has 57 heavy (non-hydrogen) atoms. The average molecular weight is 741 g/mol. The average Bonchev–Trinajstić information content (AvgIpc) is 3.36. The fourth-order valence-corrected chi connectivity index (χ4v) is 8.17. The van der Waals surface area contributed by atoms with E-state index in [2.05, 4.69) is 102 Å². The molecular formula is C51H44N6. The molecule has 6 nitrogen and oxygen atoms in total. The van der Waals surface area contributed by atoms with Crippen molar-refractivity contribution in [2.45, 2.75) is 52.4 Å². The van der Waals surface area contributed by atoms with Gasteiger partial charge in [-0.15, -0.1) is 0 Å². The topological polar surface area (TPSA) is 77.3 Å². The Morgan fingerprint density at radius 1 is 0.281 bits per heavy atom. The van der Waals surface area contributed by atoms with Crippen molar-refractivity contribution < 1.29 is 0 Å². The van der Waals surface area contributed by atoms with Crippen molar-refractivity contribution in [1.82, 2.24) is 29.9 Å². The van der Waals surface area contributed by atoms with E-state index in [0.717, 1.165) is 44.5 Å². The Balaban J connectivity index is 1.32. The summed E-state index contributed by atoms with van der Waals surface area (Å²) >= 11 is 0. The van der Waals surface area contributed by atoms with Crippen LogP contribution in [0.5, 0.6) is 0 Å². The van der Waals surface area contributed by atoms with Crippen LogP contribution in [0.25, 0.3) is 79.5 Å². The lowest BCUT2D eigenvalue weighted by Gasteiger charge is -2.44. The van der Waals surface area contributed by atoms with Crippen LogP contribution in [0, 0.1) is 5.41 Å². The van der Waals surface area contributed by atoms with Gasteiger partial charge < -0.3 is 0 Å². The lowest BCUT2D eigenvalue weighted by atomic mass is 9.59. The number of hydrogen-bond donors (Lipinski definition) is 0. The Morgan fingerprint density at radius 2 is 0.526 bits per heavy atom. The molecule has 9 rings (SSSR count). The second-order valence-corrected chi connectivity index (χ2v) is 16.5. The van der Waals surface area contributed by atoms with E-state index in [0.29, 0.717) is 34.9 Å². The van der Waals surface area contributed by atoms with E-state index >= 15 is 0 Å². The van der Waals surface area contributed by atoms with Crippen LogP contribution < -0.4 is 0 Å². The van der Waals surface area contributed by atoms with Crippen LogP contribution in [0.15, 0.2) is 158 Å².